The number of carbonyl (C=O) groups is 2. The van der Waals surface area contributed by atoms with E-state index in [1.165, 1.54) is 5.56 Å². The first-order valence-corrected chi connectivity index (χ1v) is 26.3. The number of hydrogen-bond acceptors (Lipinski definition) is 12. The number of nitrogens with zero attached hydrogens (tertiary/aromatic N) is 7. The molecule has 0 bridgehead atoms. The number of ether oxygens (including phenoxy) is 1. The Labute approximate surface area is 456 Å². The van der Waals surface area contributed by atoms with Crippen molar-refractivity contribution in [3.63, 3.8) is 0 Å². The summed E-state index contributed by atoms with van der Waals surface area (Å²) < 4.78 is 19.1. The zero-order chi connectivity index (χ0) is 53.6. The number of halogens is 1. The lowest BCUT2D eigenvalue weighted by molar-refractivity contribution is 0.0538. The van der Waals surface area contributed by atoms with E-state index in [0.717, 1.165) is 92.0 Å². The molecule has 0 aliphatic heterocycles. The van der Waals surface area contributed by atoms with Crippen LogP contribution in [0, 0.1) is 41.5 Å². The van der Waals surface area contributed by atoms with Crippen molar-refractivity contribution in [3.8, 4) is 22.3 Å². The maximum atomic E-state index is 13.7. The fourth-order valence-corrected chi connectivity index (χ4v) is 9.95. The third-order valence-corrected chi connectivity index (χ3v) is 14.5. The van der Waals surface area contributed by atoms with E-state index in [1.54, 1.807) is 29.1 Å². The van der Waals surface area contributed by atoms with Gasteiger partial charge < -0.3 is 23.9 Å². The number of imidazole rings is 2. The summed E-state index contributed by atoms with van der Waals surface area (Å²) in [6.07, 6.45) is 7.16. The summed E-state index contributed by atoms with van der Waals surface area (Å²) in [7, 11) is 0. The van der Waals surface area contributed by atoms with Gasteiger partial charge in [0, 0.05) is 46.5 Å². The molecule has 1 unspecified atom stereocenters. The number of aromatic amines is 1. The molecule has 2 saturated carbocycles. The summed E-state index contributed by atoms with van der Waals surface area (Å²) in [4.78, 5) is 49.1. The second-order valence-corrected chi connectivity index (χ2v) is 21.5. The highest BCUT2D eigenvalue weighted by Gasteiger charge is 2.41. The van der Waals surface area contributed by atoms with Gasteiger partial charge in [0.25, 0.3) is 0 Å². The van der Waals surface area contributed by atoms with E-state index < -0.39 is 17.3 Å². The zero-order valence-corrected chi connectivity index (χ0v) is 45.6. The van der Waals surface area contributed by atoms with E-state index in [2.05, 4.69) is 47.3 Å². The summed E-state index contributed by atoms with van der Waals surface area (Å²) in [5, 5.41) is 20.9. The first-order valence-electron chi connectivity index (χ1n) is 25.5. The lowest BCUT2D eigenvalue weighted by Gasteiger charge is -2.31. The number of nitrogens with one attached hydrogen (secondary N) is 1. The third-order valence-electron chi connectivity index (χ3n) is 13.7. The molecule has 0 spiro atoms. The number of hydrogen-bond donors (Lipinski definition) is 2. The Kier molecular flexibility index (Phi) is 15.1. The lowest BCUT2D eigenvalue weighted by atomic mass is 9.80. The van der Waals surface area contributed by atoms with Crippen molar-refractivity contribution in [2.24, 2.45) is 0 Å². The smallest absolute Gasteiger partial charge is 0.420 e. The molecule has 4 aromatic carbocycles. The van der Waals surface area contributed by atoms with Crippen molar-refractivity contribution in [1.29, 1.82) is 0 Å². The van der Waals surface area contributed by atoms with Crippen LogP contribution in [0.2, 0.25) is 0 Å². The van der Waals surface area contributed by atoms with Crippen molar-refractivity contribution in [3.05, 3.63) is 200 Å². The van der Waals surface area contributed by atoms with E-state index in [1.807, 2.05) is 153 Å². The molecule has 1 atom stereocenters. The summed E-state index contributed by atoms with van der Waals surface area (Å²) in [6, 6.07) is 34.4. The number of rotatable bonds is 9. The number of fused-ring (bicyclic) bond motifs is 2. The van der Waals surface area contributed by atoms with Gasteiger partial charge >= 0.3 is 6.09 Å². The molecule has 15 heteroatoms. The topological polar surface area (TPSA) is 188 Å². The van der Waals surface area contributed by atoms with Crippen LogP contribution in [0.25, 0.3) is 44.3 Å². The van der Waals surface area contributed by atoms with Gasteiger partial charge in [-0.2, -0.15) is 0 Å². The minimum Gasteiger partial charge on any atom is -0.443 e. The summed E-state index contributed by atoms with van der Waals surface area (Å²) in [6.45, 7) is 17.0. The molecule has 2 N–H and O–H groups in total. The molecule has 12 rings (SSSR count). The van der Waals surface area contributed by atoms with E-state index >= 15 is 0 Å². The molecule has 10 aromatic rings. The second kappa shape index (κ2) is 21.6. The maximum absolute atomic E-state index is 13.7. The average molecular weight is 1100 g/mol. The summed E-state index contributed by atoms with van der Waals surface area (Å²) >= 11 is 3.28. The van der Waals surface area contributed by atoms with Gasteiger partial charge in [0.2, 0.25) is 0 Å². The van der Waals surface area contributed by atoms with E-state index in [0.29, 0.717) is 56.6 Å². The summed E-state index contributed by atoms with van der Waals surface area (Å²) in [5.74, 6) is 3.45. The largest absolute Gasteiger partial charge is 0.443 e. The van der Waals surface area contributed by atoms with Crippen LogP contribution in [0.1, 0.15) is 144 Å². The van der Waals surface area contributed by atoms with Gasteiger partial charge in [0.15, 0.2) is 11.4 Å². The van der Waals surface area contributed by atoms with E-state index in [-0.39, 0.29) is 19.1 Å². The fourth-order valence-electron chi connectivity index (χ4n) is 9.70. The maximum Gasteiger partial charge on any atom is 0.420 e. The molecule has 6 heterocycles. The van der Waals surface area contributed by atoms with Crippen LogP contribution in [-0.2, 0) is 10.3 Å². The molecule has 14 nitrogen and oxygen atoms in total. The standard InChI is InChI=1S/C28H26N4O2.C27H27N3O4.C6H6BrN.CH4/c1-16-8-7-13-29-26(16)28(33,21-9-5-4-6-10-21)22-14-20(24-17(2)32-34-18(24)3)15-23-25(22)31-27(30-23)19-11-12-19;1-15-22(16(2)34-29-15)19-13-20(24(31)17-9-7-6-8-10-17)23-21(14-19)30(25(28-23)18-11-12-18)26(32)33-27(3,4)5;1-5-3-2-4-8-6(5)7;/h4-10,13-15,19,33H,11-12H2,1-3H3,(H,30,31);6-10,13-14,18H,11-12H2,1-5H3;2-4H,1H3;1H4. The molecule has 2 fully saturated rings. The first-order chi connectivity index (χ1) is 36.4. The number of aryl methyl sites for hydroxylation is 6. The van der Waals surface area contributed by atoms with Crippen LogP contribution in [0.3, 0.4) is 0 Å². The molecule has 394 valence electrons. The average Bonchev–Trinajstić information content (AvgIpc) is 4.46. The van der Waals surface area contributed by atoms with Gasteiger partial charge in [-0.05, 0) is 168 Å². The van der Waals surface area contributed by atoms with E-state index in [4.69, 9.17) is 23.8 Å². The van der Waals surface area contributed by atoms with Crippen molar-refractivity contribution < 1.29 is 28.5 Å². The van der Waals surface area contributed by atoms with Gasteiger partial charge in [0.05, 0.1) is 39.2 Å². The number of pyridine rings is 2. The van der Waals surface area contributed by atoms with Crippen LogP contribution in [0.15, 0.2) is 135 Å². The van der Waals surface area contributed by atoms with Crippen molar-refractivity contribution >= 4 is 49.9 Å². The van der Waals surface area contributed by atoms with Crippen molar-refractivity contribution in [2.45, 2.75) is 118 Å². The van der Waals surface area contributed by atoms with Gasteiger partial charge in [0.1, 0.15) is 38.9 Å². The number of aromatic nitrogens is 8. The van der Waals surface area contributed by atoms with Crippen LogP contribution in [-0.4, -0.2) is 62.4 Å². The zero-order valence-electron chi connectivity index (χ0n) is 44.0. The Morgan fingerprint density at radius 2 is 1.29 bits per heavy atom. The van der Waals surface area contributed by atoms with E-state index in [9.17, 15) is 14.7 Å². The molecule has 0 saturated heterocycles. The molecule has 2 aliphatic carbocycles. The Morgan fingerprint density at radius 3 is 1.82 bits per heavy atom. The first kappa shape index (κ1) is 53.9. The van der Waals surface area contributed by atoms with Gasteiger partial charge in [-0.3, -0.25) is 9.78 Å². The number of ketones is 1. The Balaban J connectivity index is 0.000000162. The molecule has 77 heavy (non-hydrogen) atoms. The van der Waals surface area contributed by atoms with Crippen molar-refractivity contribution in [2.75, 3.05) is 0 Å². The minimum absolute atomic E-state index is 0. The number of benzene rings is 4. The second-order valence-electron chi connectivity index (χ2n) is 20.7. The normalized spacial score (nSPS) is 14.0. The van der Waals surface area contributed by atoms with Crippen LogP contribution in [0.4, 0.5) is 4.79 Å². The van der Waals surface area contributed by atoms with Gasteiger partial charge in [-0.1, -0.05) is 90.5 Å². The SMILES string of the molecule is C.Cc1cccnc1Br.Cc1cccnc1C(O)(c1ccccc1)c1cc(-c2c(C)noc2C)cc2[nH]c(C3CC3)nc12.Cc1noc(C)c1-c1cc(C(=O)c2ccccc2)c2nc(C3CC3)n(C(=O)OC(C)(C)C)c2c1. The Bertz CT molecular complexity index is 3730. The summed E-state index contributed by atoms with van der Waals surface area (Å²) in [5.41, 5.74) is 10.5. The minimum atomic E-state index is -1.50. The van der Waals surface area contributed by atoms with Crippen LogP contribution in [0.5, 0.6) is 0 Å². The number of carbonyl (C=O) groups excluding carboxylic acids is 2. The van der Waals surface area contributed by atoms with Crippen molar-refractivity contribution in [1.82, 2.24) is 39.8 Å². The highest BCUT2D eigenvalue weighted by atomic mass is 79.9. The highest BCUT2D eigenvalue weighted by Crippen LogP contribution is 2.46. The monoisotopic (exact) mass is 1090 g/mol. The highest BCUT2D eigenvalue weighted by molar-refractivity contribution is 9.10. The quantitative estimate of drug-likeness (QED) is 0.103. The molecule has 2 aliphatic rings. The van der Waals surface area contributed by atoms with Crippen LogP contribution < -0.4 is 0 Å². The predicted molar refractivity (Wildman–Crippen MR) is 302 cm³/mol. The molecule has 0 amide bonds. The molecular formula is C62H63BrN8O6. The Hall–Kier alpha value is -7.88. The fraction of sp³-hybridized carbons (Fsp3) is 0.290. The molecular weight excluding hydrogens is 1030 g/mol. The third kappa shape index (κ3) is 10.9. The predicted octanol–water partition coefficient (Wildman–Crippen LogP) is 14.7. The molecule has 6 aromatic heterocycles. The Morgan fingerprint density at radius 1 is 0.701 bits per heavy atom. The number of aliphatic hydroxyl groups is 1. The van der Waals surface area contributed by atoms with Gasteiger partial charge in [-0.15, -0.1) is 0 Å². The number of H-pyrrole nitrogens is 1. The van der Waals surface area contributed by atoms with Crippen LogP contribution >= 0.6 is 15.9 Å². The lowest BCUT2D eigenvalue weighted by Crippen LogP contribution is -2.31. The van der Waals surface area contributed by atoms with Gasteiger partial charge in [-0.25, -0.2) is 24.3 Å². The molecule has 0 radical (unpaired) electrons.